The van der Waals surface area contributed by atoms with Crippen LogP contribution in [0.15, 0.2) is 54.7 Å². The Morgan fingerprint density at radius 2 is 2.00 bits per heavy atom. The summed E-state index contributed by atoms with van der Waals surface area (Å²) in [6.07, 6.45) is 5.66. The smallest absolute Gasteiger partial charge is 0.341 e. The first-order valence-corrected chi connectivity index (χ1v) is 8.02. The van der Waals surface area contributed by atoms with Crippen LogP contribution in [0.5, 0.6) is 0 Å². The molecule has 1 aromatic carbocycles. The van der Waals surface area contributed by atoms with E-state index in [0.717, 1.165) is 22.5 Å². The third-order valence-electron chi connectivity index (χ3n) is 3.68. The number of aromatic nitrogens is 2. The van der Waals surface area contributed by atoms with Crippen molar-refractivity contribution in [3.63, 3.8) is 0 Å². The van der Waals surface area contributed by atoms with Gasteiger partial charge in [0.25, 0.3) is 0 Å². The first-order chi connectivity index (χ1) is 12.2. The molecule has 0 atom stereocenters. The summed E-state index contributed by atoms with van der Waals surface area (Å²) in [7, 11) is 0. The third kappa shape index (κ3) is 3.95. The molecule has 0 spiro atoms. The second-order valence-corrected chi connectivity index (χ2v) is 5.44. The Morgan fingerprint density at radius 3 is 2.76 bits per heavy atom. The van der Waals surface area contributed by atoms with Crippen molar-refractivity contribution in [2.75, 3.05) is 12.3 Å². The van der Waals surface area contributed by atoms with E-state index in [2.05, 4.69) is 9.97 Å². The number of pyridine rings is 1. The zero-order valence-electron chi connectivity index (χ0n) is 13.9. The molecule has 25 heavy (non-hydrogen) atoms. The van der Waals surface area contributed by atoms with Gasteiger partial charge in [0, 0.05) is 17.5 Å². The van der Waals surface area contributed by atoms with Gasteiger partial charge in [-0.15, -0.1) is 0 Å². The Labute approximate surface area is 146 Å². The van der Waals surface area contributed by atoms with E-state index in [1.54, 1.807) is 19.2 Å². The van der Waals surface area contributed by atoms with Gasteiger partial charge < -0.3 is 15.5 Å². The number of nitrogens with two attached hydrogens (primary N) is 1. The molecular weight excluding hydrogens is 314 g/mol. The standard InChI is InChI=1S/C20H19N3O2/c1-2-25-20(24)17-13-18(23-19(17)21)15-10-11-22-16(12-15)9-8-14-6-4-3-5-7-14/h3-13,23H,2,21H2,1H3/b9-8+. The third-order valence-corrected chi connectivity index (χ3v) is 3.68. The molecule has 0 amide bonds. The number of nitrogen functional groups attached to an aromatic ring is 1. The summed E-state index contributed by atoms with van der Waals surface area (Å²) in [5.74, 6) is -0.132. The minimum atomic E-state index is -0.430. The predicted molar refractivity (Wildman–Crippen MR) is 99.8 cm³/mol. The minimum Gasteiger partial charge on any atom is -0.462 e. The van der Waals surface area contributed by atoms with Gasteiger partial charge in [-0.05, 0) is 36.8 Å². The number of nitrogens with zero attached hydrogens (tertiary/aromatic N) is 1. The summed E-state index contributed by atoms with van der Waals surface area (Å²) in [4.78, 5) is 19.3. The summed E-state index contributed by atoms with van der Waals surface area (Å²) in [5.41, 5.74) is 9.79. The van der Waals surface area contributed by atoms with Crippen LogP contribution in [0.1, 0.15) is 28.5 Å². The topological polar surface area (TPSA) is 81.0 Å². The zero-order chi connectivity index (χ0) is 17.6. The molecule has 0 saturated heterocycles. The second-order valence-electron chi connectivity index (χ2n) is 5.44. The van der Waals surface area contributed by atoms with Gasteiger partial charge in [0.05, 0.1) is 12.3 Å². The number of carbonyl (C=O) groups excluding carboxylic acids is 1. The maximum absolute atomic E-state index is 11.9. The number of nitrogens with one attached hydrogen (secondary N) is 1. The summed E-state index contributed by atoms with van der Waals surface area (Å²) >= 11 is 0. The quantitative estimate of drug-likeness (QED) is 0.691. The highest BCUT2D eigenvalue weighted by Gasteiger charge is 2.15. The molecule has 0 fully saturated rings. The lowest BCUT2D eigenvalue weighted by atomic mass is 10.1. The van der Waals surface area contributed by atoms with E-state index in [-0.39, 0.29) is 0 Å². The SMILES string of the molecule is CCOC(=O)c1cc(-c2ccnc(/C=C/c3ccccc3)c2)[nH]c1N. The van der Waals surface area contributed by atoms with Crippen LogP contribution in [0.3, 0.4) is 0 Å². The summed E-state index contributed by atoms with van der Waals surface area (Å²) in [6.45, 7) is 2.07. The van der Waals surface area contributed by atoms with E-state index in [9.17, 15) is 4.79 Å². The molecule has 3 aromatic rings. The molecule has 3 rings (SSSR count). The molecule has 2 aromatic heterocycles. The van der Waals surface area contributed by atoms with Crippen molar-refractivity contribution in [3.8, 4) is 11.3 Å². The molecular formula is C20H19N3O2. The lowest BCUT2D eigenvalue weighted by Crippen LogP contribution is -2.05. The molecule has 0 bridgehead atoms. The summed E-state index contributed by atoms with van der Waals surface area (Å²) in [6, 6.07) is 15.5. The Hall–Kier alpha value is -3.34. The number of rotatable bonds is 5. The highest BCUT2D eigenvalue weighted by atomic mass is 16.5. The molecule has 0 radical (unpaired) electrons. The normalized spacial score (nSPS) is 10.9. The molecule has 0 aliphatic rings. The highest BCUT2D eigenvalue weighted by molar-refractivity contribution is 5.96. The van der Waals surface area contributed by atoms with Crippen molar-refractivity contribution in [2.24, 2.45) is 0 Å². The molecule has 126 valence electrons. The second kappa shape index (κ2) is 7.49. The fourth-order valence-corrected chi connectivity index (χ4v) is 2.46. The summed E-state index contributed by atoms with van der Waals surface area (Å²) < 4.78 is 5.01. The zero-order valence-corrected chi connectivity index (χ0v) is 13.9. The molecule has 3 N–H and O–H groups in total. The Kier molecular flexibility index (Phi) is 4.95. The number of esters is 1. The van der Waals surface area contributed by atoms with Gasteiger partial charge in [-0.25, -0.2) is 4.79 Å². The number of hydrogen-bond acceptors (Lipinski definition) is 4. The van der Waals surface area contributed by atoms with Crippen LogP contribution in [0, 0.1) is 0 Å². The lowest BCUT2D eigenvalue weighted by Gasteiger charge is -2.00. The van der Waals surface area contributed by atoms with Crippen LogP contribution in [0.4, 0.5) is 5.82 Å². The van der Waals surface area contributed by atoms with Crippen molar-refractivity contribution in [2.45, 2.75) is 6.92 Å². The van der Waals surface area contributed by atoms with Gasteiger partial charge in [0.2, 0.25) is 0 Å². The number of ether oxygens (including phenoxy) is 1. The minimum absolute atomic E-state index is 0.298. The average molecular weight is 333 g/mol. The van der Waals surface area contributed by atoms with Gasteiger partial charge in [-0.2, -0.15) is 0 Å². The van der Waals surface area contributed by atoms with Crippen molar-refractivity contribution < 1.29 is 9.53 Å². The molecule has 5 nitrogen and oxygen atoms in total. The largest absolute Gasteiger partial charge is 0.462 e. The Morgan fingerprint density at radius 1 is 1.20 bits per heavy atom. The van der Waals surface area contributed by atoms with E-state index >= 15 is 0 Å². The fraction of sp³-hybridized carbons (Fsp3) is 0.100. The summed E-state index contributed by atoms with van der Waals surface area (Å²) in [5, 5.41) is 0. The molecule has 0 unspecified atom stereocenters. The van der Waals surface area contributed by atoms with Crippen LogP contribution >= 0.6 is 0 Å². The number of hydrogen-bond donors (Lipinski definition) is 2. The van der Waals surface area contributed by atoms with Gasteiger partial charge >= 0.3 is 5.97 Å². The van der Waals surface area contributed by atoms with Crippen molar-refractivity contribution in [3.05, 3.63) is 71.5 Å². The molecule has 0 aliphatic heterocycles. The predicted octanol–water partition coefficient (Wildman–Crippen LogP) is 4.01. The van der Waals surface area contributed by atoms with Crippen LogP contribution in [-0.2, 0) is 4.74 Å². The molecule has 0 aliphatic carbocycles. The van der Waals surface area contributed by atoms with Gasteiger partial charge in [0.15, 0.2) is 0 Å². The Balaban J connectivity index is 1.86. The lowest BCUT2D eigenvalue weighted by molar-refractivity contribution is 0.0528. The van der Waals surface area contributed by atoms with Crippen LogP contribution in [0.2, 0.25) is 0 Å². The number of H-pyrrole nitrogens is 1. The van der Waals surface area contributed by atoms with E-state index < -0.39 is 5.97 Å². The molecule has 5 heteroatoms. The van der Waals surface area contributed by atoms with E-state index in [4.69, 9.17) is 10.5 Å². The fourth-order valence-electron chi connectivity index (χ4n) is 2.46. The van der Waals surface area contributed by atoms with Crippen molar-refractivity contribution in [1.29, 1.82) is 0 Å². The van der Waals surface area contributed by atoms with Crippen molar-refractivity contribution >= 4 is 23.9 Å². The van der Waals surface area contributed by atoms with E-state index in [0.29, 0.717) is 18.0 Å². The maximum atomic E-state index is 11.9. The van der Waals surface area contributed by atoms with Crippen LogP contribution < -0.4 is 5.73 Å². The van der Waals surface area contributed by atoms with Crippen LogP contribution in [0.25, 0.3) is 23.4 Å². The maximum Gasteiger partial charge on any atom is 0.341 e. The van der Waals surface area contributed by atoms with Gasteiger partial charge in [0.1, 0.15) is 11.4 Å². The highest BCUT2D eigenvalue weighted by Crippen LogP contribution is 2.24. The van der Waals surface area contributed by atoms with Crippen molar-refractivity contribution in [1.82, 2.24) is 9.97 Å². The molecule has 2 heterocycles. The number of anilines is 1. The van der Waals surface area contributed by atoms with E-state index in [1.165, 1.54) is 0 Å². The molecule has 0 saturated carbocycles. The first-order valence-electron chi connectivity index (χ1n) is 8.02. The first kappa shape index (κ1) is 16.5. The number of aromatic amines is 1. The number of carbonyl (C=O) groups is 1. The number of benzene rings is 1. The average Bonchev–Trinajstić information content (AvgIpc) is 3.03. The van der Waals surface area contributed by atoms with Gasteiger partial charge in [-0.1, -0.05) is 36.4 Å². The van der Waals surface area contributed by atoms with Crippen LogP contribution in [-0.4, -0.2) is 22.5 Å². The van der Waals surface area contributed by atoms with Gasteiger partial charge in [-0.3, -0.25) is 4.98 Å². The monoisotopic (exact) mass is 333 g/mol. The Bertz CT molecular complexity index is 898. The van der Waals surface area contributed by atoms with E-state index in [1.807, 2.05) is 54.6 Å².